The Balaban J connectivity index is 1.05. The summed E-state index contributed by atoms with van der Waals surface area (Å²) in [6.45, 7) is 9.43. The molecule has 276 valence electrons. The number of aromatic nitrogens is 2. The van der Waals surface area contributed by atoms with Crippen LogP contribution in [0, 0.1) is 0 Å². The average molecular weight is 743 g/mol. The number of hydrogen-bond donors (Lipinski definition) is 0. The third kappa shape index (κ3) is 5.25. The third-order valence-corrected chi connectivity index (χ3v) is 12.9. The van der Waals surface area contributed by atoms with Crippen molar-refractivity contribution in [3.05, 3.63) is 204 Å². The van der Waals surface area contributed by atoms with Crippen molar-refractivity contribution in [3.8, 4) is 78.4 Å². The second-order valence-electron chi connectivity index (χ2n) is 17.0. The maximum absolute atomic E-state index is 5.27. The van der Waals surface area contributed by atoms with Gasteiger partial charge < -0.3 is 0 Å². The Labute approximate surface area is 340 Å². The van der Waals surface area contributed by atoms with Gasteiger partial charge in [0.2, 0.25) is 0 Å². The molecule has 0 spiro atoms. The maximum atomic E-state index is 5.27. The predicted octanol–water partition coefficient (Wildman–Crippen LogP) is 14.6. The van der Waals surface area contributed by atoms with Gasteiger partial charge in [-0.3, -0.25) is 0 Å². The molecule has 1 heterocycles. The predicted molar refractivity (Wildman–Crippen MR) is 242 cm³/mol. The molecule has 8 aromatic carbocycles. The van der Waals surface area contributed by atoms with Crippen molar-refractivity contribution in [3.63, 3.8) is 0 Å². The van der Waals surface area contributed by atoms with E-state index in [-0.39, 0.29) is 10.8 Å². The van der Waals surface area contributed by atoms with Gasteiger partial charge in [-0.1, -0.05) is 179 Å². The van der Waals surface area contributed by atoms with Gasteiger partial charge in [-0.05, 0) is 108 Å². The number of nitrogens with zero attached hydrogens (tertiary/aromatic N) is 2. The molecule has 0 saturated carbocycles. The minimum Gasteiger partial charge on any atom is -0.228 e. The van der Waals surface area contributed by atoms with Crippen LogP contribution >= 0.6 is 0 Å². The van der Waals surface area contributed by atoms with E-state index in [1.54, 1.807) is 0 Å². The van der Waals surface area contributed by atoms with Gasteiger partial charge in [0, 0.05) is 27.5 Å². The standard InChI is InChI=1S/C56H42N2/c1-55(2)46-26-14-24-42(35-16-7-5-8-17-35)52(46)44-29-28-41(33-48(44)55)51-34-50(57-54(58-51)36-18-9-6-10-19-36)40-23-13-22-39(30-40)43-25-15-27-47-53(43)45-31-37-20-11-12-21-38(37)32-49(45)56(47,3)4/h5-34H,1-4H3. The topological polar surface area (TPSA) is 25.8 Å². The number of hydrogen-bond acceptors (Lipinski definition) is 2. The fourth-order valence-electron chi connectivity index (χ4n) is 9.82. The van der Waals surface area contributed by atoms with Crippen molar-refractivity contribution >= 4 is 10.8 Å². The highest BCUT2D eigenvalue weighted by Gasteiger charge is 2.38. The third-order valence-electron chi connectivity index (χ3n) is 12.9. The molecule has 0 N–H and O–H groups in total. The molecular formula is C56H42N2. The molecule has 2 nitrogen and oxygen atoms in total. The Morgan fingerprint density at radius 2 is 0.810 bits per heavy atom. The molecule has 2 aliphatic carbocycles. The van der Waals surface area contributed by atoms with Gasteiger partial charge in [0.25, 0.3) is 0 Å². The summed E-state index contributed by atoms with van der Waals surface area (Å²) in [5.41, 5.74) is 20.3. The van der Waals surface area contributed by atoms with Crippen LogP contribution in [-0.2, 0) is 10.8 Å². The molecule has 0 aliphatic heterocycles. The fraction of sp³-hybridized carbons (Fsp3) is 0.107. The van der Waals surface area contributed by atoms with Crippen LogP contribution in [0.2, 0.25) is 0 Å². The molecule has 2 heteroatoms. The monoisotopic (exact) mass is 742 g/mol. The largest absolute Gasteiger partial charge is 0.228 e. The molecular weight excluding hydrogens is 701 g/mol. The lowest BCUT2D eigenvalue weighted by Gasteiger charge is -2.22. The highest BCUT2D eigenvalue weighted by Crippen LogP contribution is 2.54. The molecule has 0 amide bonds. The summed E-state index contributed by atoms with van der Waals surface area (Å²) in [4.78, 5) is 10.5. The smallest absolute Gasteiger partial charge is 0.160 e. The van der Waals surface area contributed by atoms with Crippen molar-refractivity contribution in [1.82, 2.24) is 9.97 Å². The van der Waals surface area contributed by atoms with Gasteiger partial charge in [0.05, 0.1) is 11.4 Å². The minimum absolute atomic E-state index is 0.108. The summed E-state index contributed by atoms with van der Waals surface area (Å²) >= 11 is 0. The highest BCUT2D eigenvalue weighted by molar-refractivity contribution is 5.99. The Morgan fingerprint density at radius 1 is 0.310 bits per heavy atom. The van der Waals surface area contributed by atoms with E-state index in [1.807, 2.05) is 6.07 Å². The van der Waals surface area contributed by atoms with E-state index in [0.29, 0.717) is 0 Å². The normalized spacial score (nSPS) is 14.1. The van der Waals surface area contributed by atoms with Crippen LogP contribution in [0.3, 0.4) is 0 Å². The summed E-state index contributed by atoms with van der Waals surface area (Å²) in [6.07, 6.45) is 0. The zero-order chi connectivity index (χ0) is 39.2. The number of rotatable bonds is 5. The summed E-state index contributed by atoms with van der Waals surface area (Å²) in [7, 11) is 0. The Morgan fingerprint density at radius 3 is 1.48 bits per heavy atom. The SMILES string of the molecule is CC1(C)c2cc(-c3cc(-c4cccc(-c5cccc6c5-c5cc7ccccc7cc5C6(C)C)c4)nc(-c4ccccc4)n3)ccc2-c2c(-c3ccccc3)cccc21. The first-order valence-electron chi connectivity index (χ1n) is 20.3. The average Bonchev–Trinajstić information content (AvgIpc) is 3.64. The van der Waals surface area contributed by atoms with Crippen LogP contribution in [0.4, 0.5) is 0 Å². The van der Waals surface area contributed by atoms with E-state index in [2.05, 4.69) is 204 Å². The van der Waals surface area contributed by atoms with Crippen LogP contribution in [0.5, 0.6) is 0 Å². The molecule has 0 fully saturated rings. The molecule has 1 aromatic heterocycles. The van der Waals surface area contributed by atoms with Crippen molar-refractivity contribution in [2.45, 2.75) is 38.5 Å². The lowest BCUT2D eigenvalue weighted by atomic mass is 9.81. The van der Waals surface area contributed by atoms with E-state index in [1.165, 1.54) is 77.5 Å². The molecule has 11 rings (SSSR count). The van der Waals surface area contributed by atoms with Crippen LogP contribution in [0.15, 0.2) is 182 Å². The quantitative estimate of drug-likeness (QED) is 0.175. The number of fused-ring (bicyclic) bond motifs is 7. The molecule has 0 bridgehead atoms. The lowest BCUT2D eigenvalue weighted by Crippen LogP contribution is -2.15. The van der Waals surface area contributed by atoms with Crippen LogP contribution < -0.4 is 0 Å². The van der Waals surface area contributed by atoms with Gasteiger partial charge in [-0.25, -0.2) is 9.97 Å². The number of benzene rings is 8. The van der Waals surface area contributed by atoms with E-state index in [0.717, 1.165) is 33.9 Å². The van der Waals surface area contributed by atoms with E-state index < -0.39 is 0 Å². The van der Waals surface area contributed by atoms with E-state index in [9.17, 15) is 0 Å². The van der Waals surface area contributed by atoms with Crippen molar-refractivity contribution in [2.75, 3.05) is 0 Å². The molecule has 0 radical (unpaired) electrons. The van der Waals surface area contributed by atoms with Gasteiger partial charge >= 0.3 is 0 Å². The molecule has 2 aliphatic rings. The first-order valence-corrected chi connectivity index (χ1v) is 20.3. The van der Waals surface area contributed by atoms with Crippen LogP contribution in [0.1, 0.15) is 49.9 Å². The Kier molecular flexibility index (Phi) is 7.59. The summed E-state index contributed by atoms with van der Waals surface area (Å²) in [5, 5.41) is 2.55. The zero-order valence-corrected chi connectivity index (χ0v) is 33.2. The van der Waals surface area contributed by atoms with Crippen LogP contribution in [-0.4, -0.2) is 9.97 Å². The van der Waals surface area contributed by atoms with E-state index in [4.69, 9.17) is 9.97 Å². The van der Waals surface area contributed by atoms with Crippen LogP contribution in [0.25, 0.3) is 89.2 Å². The molecule has 0 atom stereocenters. The van der Waals surface area contributed by atoms with E-state index >= 15 is 0 Å². The van der Waals surface area contributed by atoms with Gasteiger partial charge in [-0.15, -0.1) is 0 Å². The summed E-state index contributed by atoms with van der Waals surface area (Å²) in [6, 6.07) is 66.3. The highest BCUT2D eigenvalue weighted by atomic mass is 14.9. The van der Waals surface area contributed by atoms with Crippen molar-refractivity contribution in [2.24, 2.45) is 0 Å². The minimum atomic E-state index is -0.173. The molecule has 0 saturated heterocycles. The summed E-state index contributed by atoms with van der Waals surface area (Å²) in [5.74, 6) is 0.719. The second kappa shape index (κ2) is 12.8. The second-order valence-corrected chi connectivity index (χ2v) is 17.0. The van der Waals surface area contributed by atoms with Crippen molar-refractivity contribution < 1.29 is 0 Å². The van der Waals surface area contributed by atoms with Gasteiger partial charge in [-0.2, -0.15) is 0 Å². The Bertz CT molecular complexity index is 3100. The first-order chi connectivity index (χ1) is 28.3. The fourth-order valence-corrected chi connectivity index (χ4v) is 9.82. The first kappa shape index (κ1) is 34.4. The van der Waals surface area contributed by atoms with Crippen molar-refractivity contribution in [1.29, 1.82) is 0 Å². The van der Waals surface area contributed by atoms with Gasteiger partial charge in [0.15, 0.2) is 5.82 Å². The zero-order valence-electron chi connectivity index (χ0n) is 33.2. The van der Waals surface area contributed by atoms with Gasteiger partial charge in [0.1, 0.15) is 0 Å². The molecule has 0 unspecified atom stereocenters. The lowest BCUT2D eigenvalue weighted by molar-refractivity contribution is 0.660. The molecule has 9 aromatic rings. The summed E-state index contributed by atoms with van der Waals surface area (Å²) < 4.78 is 0. The maximum Gasteiger partial charge on any atom is 0.160 e. The molecule has 58 heavy (non-hydrogen) atoms. The Hall–Kier alpha value is -6.90.